The molecule has 4 heterocycles. The lowest BCUT2D eigenvalue weighted by atomic mass is 10.1. The zero-order valence-electron chi connectivity index (χ0n) is 29.4. The molecule has 0 saturated carbocycles. The Morgan fingerprint density at radius 1 is 0.593 bits per heavy atom. The average Bonchev–Trinajstić information content (AvgIpc) is 3.60. The number of hydrogen-bond donors (Lipinski definition) is 2. The van der Waals surface area contributed by atoms with E-state index in [0.29, 0.717) is 0 Å². The summed E-state index contributed by atoms with van der Waals surface area (Å²) in [6.07, 6.45) is -2.57. The molecular formula is C34H38N4O16+2. The van der Waals surface area contributed by atoms with Crippen LogP contribution in [0.2, 0.25) is 0 Å². The Hall–Kier alpha value is -6.28. The fraction of sp³-hybridized carbons (Fsp3) is 0.412. The number of carbonyl (C=O) groups excluding carboxylic acids is 8. The van der Waals surface area contributed by atoms with Gasteiger partial charge in [-0.2, -0.15) is 9.13 Å². The van der Waals surface area contributed by atoms with Gasteiger partial charge < -0.3 is 49.4 Å². The number of amides is 2. The zero-order chi connectivity index (χ0) is 39.7. The van der Waals surface area contributed by atoms with Crippen molar-refractivity contribution in [1.82, 2.24) is 0 Å². The van der Waals surface area contributed by atoms with E-state index in [1.54, 1.807) is 0 Å². The average molecular weight is 759 g/mol. The van der Waals surface area contributed by atoms with Gasteiger partial charge in [0.05, 0.1) is 0 Å². The lowest BCUT2D eigenvalue weighted by molar-refractivity contribution is -0.765. The van der Waals surface area contributed by atoms with Gasteiger partial charge in [-0.15, -0.1) is 0 Å². The minimum atomic E-state index is -1.27. The molecule has 2 aromatic rings. The molecule has 54 heavy (non-hydrogen) atoms. The van der Waals surface area contributed by atoms with Crippen LogP contribution in [0.25, 0.3) is 0 Å². The Labute approximate surface area is 306 Å². The minimum Gasteiger partial charge on any atom is -0.460 e. The minimum absolute atomic E-state index is 0.0953. The first-order chi connectivity index (χ1) is 25.5. The lowest BCUT2D eigenvalue weighted by Gasteiger charge is -2.21. The van der Waals surface area contributed by atoms with Gasteiger partial charge in [0.15, 0.2) is 37.0 Å². The van der Waals surface area contributed by atoms with E-state index in [9.17, 15) is 38.4 Å². The standard InChI is InChI=1S/C34H36N4O16/c1-17(39)49-27-23(53-33(29(27)51-19(3)41)37-11-5-7-21(13-37)31(35)45)15-47-25(43)9-10-26(44)48-16-24-28(50-18(2)40)30(52-20(4)42)34(54-24)38-12-6-8-22(14-38)32(36)46/h5-14,23-24,27-30,33-34H,15-16H2,1-4H3,(H2-2,35,36,45,46)/p+2/b10-9+/t23-,24-,27-,28-,29-,30-,33-,34-/m1/s1. The molecule has 2 aliphatic heterocycles. The summed E-state index contributed by atoms with van der Waals surface area (Å²) in [5.41, 5.74) is 11.0. The molecule has 20 nitrogen and oxygen atoms in total. The van der Waals surface area contributed by atoms with Crippen LogP contribution in [0.5, 0.6) is 0 Å². The number of carbonyl (C=O) groups is 8. The number of nitrogens with two attached hydrogens (primary N) is 2. The number of primary amides is 2. The molecule has 0 aromatic carbocycles. The van der Waals surface area contributed by atoms with Crippen LogP contribution in [0.3, 0.4) is 0 Å². The summed E-state index contributed by atoms with van der Waals surface area (Å²) in [6.45, 7) is 3.37. The van der Waals surface area contributed by atoms with Crippen molar-refractivity contribution < 1.29 is 85.4 Å². The van der Waals surface area contributed by atoms with Crippen LogP contribution in [0, 0.1) is 0 Å². The highest BCUT2D eigenvalue weighted by atomic mass is 16.7. The molecular weight excluding hydrogens is 720 g/mol. The van der Waals surface area contributed by atoms with Crippen LogP contribution < -0.4 is 20.6 Å². The molecule has 20 heteroatoms. The van der Waals surface area contributed by atoms with Crippen molar-refractivity contribution in [3.05, 3.63) is 72.3 Å². The fourth-order valence-corrected chi connectivity index (χ4v) is 5.62. The van der Waals surface area contributed by atoms with E-state index in [4.69, 9.17) is 49.4 Å². The molecule has 0 unspecified atom stereocenters. The van der Waals surface area contributed by atoms with Crippen LogP contribution in [0.1, 0.15) is 60.9 Å². The van der Waals surface area contributed by atoms with Gasteiger partial charge in [0, 0.05) is 52.0 Å². The van der Waals surface area contributed by atoms with Gasteiger partial charge >= 0.3 is 48.3 Å². The molecule has 0 aliphatic carbocycles. The second-order valence-electron chi connectivity index (χ2n) is 11.8. The van der Waals surface area contributed by atoms with Crippen molar-refractivity contribution in [3.8, 4) is 0 Å². The third kappa shape index (κ3) is 10.6. The maximum Gasteiger partial charge on any atom is 0.331 e. The summed E-state index contributed by atoms with van der Waals surface area (Å²) >= 11 is 0. The van der Waals surface area contributed by atoms with Gasteiger partial charge in [0.1, 0.15) is 36.5 Å². The Kier molecular flexibility index (Phi) is 13.5. The van der Waals surface area contributed by atoms with Crippen molar-refractivity contribution >= 4 is 47.6 Å². The SMILES string of the molecule is CC(=O)O[C@@H]1[C@H](OC(C)=O)[C@@H](COC(=O)/C=C/C(=O)OC[C@H]2O[C@@H]([n+]3cccc(C(N)=O)c3)[C@H](OC(C)=O)[C@@H]2OC(C)=O)O[C@H]1[n+]1cccc(C(N)=O)c1. The van der Waals surface area contributed by atoms with Gasteiger partial charge in [-0.05, 0) is 12.1 Å². The van der Waals surface area contributed by atoms with Gasteiger partial charge in [-0.1, -0.05) is 0 Å². The number of pyridine rings is 2. The Morgan fingerprint density at radius 3 is 1.24 bits per heavy atom. The smallest absolute Gasteiger partial charge is 0.331 e. The quantitative estimate of drug-likeness (QED) is 0.0943. The molecule has 2 amide bonds. The van der Waals surface area contributed by atoms with Crippen molar-refractivity contribution in [2.45, 2.75) is 76.8 Å². The van der Waals surface area contributed by atoms with E-state index in [1.165, 1.54) is 58.2 Å². The first kappa shape index (κ1) is 40.5. The second kappa shape index (κ2) is 18.0. The molecule has 0 radical (unpaired) electrons. The Bertz CT molecular complexity index is 1700. The molecule has 288 valence electrons. The highest BCUT2D eigenvalue weighted by molar-refractivity contribution is 5.93. The summed E-state index contributed by atoms with van der Waals surface area (Å²) in [4.78, 5) is 96.7. The highest BCUT2D eigenvalue weighted by Gasteiger charge is 2.56. The summed E-state index contributed by atoms with van der Waals surface area (Å²) in [7, 11) is 0. The lowest BCUT2D eigenvalue weighted by Crippen LogP contribution is -2.48. The van der Waals surface area contributed by atoms with Crippen LogP contribution >= 0.6 is 0 Å². The number of rotatable bonds is 14. The largest absolute Gasteiger partial charge is 0.460 e. The van der Waals surface area contributed by atoms with Gasteiger partial charge in [-0.3, -0.25) is 28.8 Å². The maximum absolute atomic E-state index is 12.6. The summed E-state index contributed by atoms with van der Waals surface area (Å²) < 4.78 is 46.7. The summed E-state index contributed by atoms with van der Waals surface area (Å²) in [5, 5.41) is 0. The monoisotopic (exact) mass is 758 g/mol. The Balaban J connectivity index is 1.43. The third-order valence-electron chi connectivity index (χ3n) is 7.72. The molecule has 2 fully saturated rings. The Morgan fingerprint density at radius 2 is 0.926 bits per heavy atom. The molecule has 2 aliphatic rings. The number of aromatic nitrogens is 2. The molecule has 0 bridgehead atoms. The molecule has 4 N–H and O–H groups in total. The topological polar surface area (TPSA) is 270 Å². The number of hydrogen-bond acceptors (Lipinski definition) is 16. The summed E-state index contributed by atoms with van der Waals surface area (Å²) in [6, 6.07) is 5.86. The first-order valence-corrected chi connectivity index (χ1v) is 16.2. The van der Waals surface area contributed by atoms with Crippen LogP contribution in [-0.4, -0.2) is 97.5 Å². The predicted octanol–water partition coefficient (Wildman–Crippen LogP) is -1.68. The van der Waals surface area contributed by atoms with E-state index in [0.717, 1.165) is 39.8 Å². The molecule has 8 atom stereocenters. The maximum atomic E-state index is 12.6. The van der Waals surface area contributed by atoms with Crippen LogP contribution in [0.4, 0.5) is 0 Å². The third-order valence-corrected chi connectivity index (χ3v) is 7.72. The van der Waals surface area contributed by atoms with E-state index >= 15 is 0 Å². The zero-order valence-corrected chi connectivity index (χ0v) is 29.4. The van der Waals surface area contributed by atoms with Crippen molar-refractivity contribution in [2.75, 3.05) is 13.2 Å². The van der Waals surface area contributed by atoms with Gasteiger partial charge in [0.2, 0.25) is 12.2 Å². The fourth-order valence-electron chi connectivity index (χ4n) is 5.62. The van der Waals surface area contributed by atoms with E-state index in [2.05, 4.69) is 0 Å². The van der Waals surface area contributed by atoms with Crippen molar-refractivity contribution in [2.24, 2.45) is 11.5 Å². The number of nitrogens with zero attached hydrogens (tertiary/aromatic N) is 2. The molecule has 2 aromatic heterocycles. The van der Waals surface area contributed by atoms with E-state index < -0.39 is 110 Å². The molecule has 2 saturated heterocycles. The number of ether oxygens (including phenoxy) is 8. The number of esters is 6. The molecule has 4 rings (SSSR count). The van der Waals surface area contributed by atoms with Crippen molar-refractivity contribution in [1.29, 1.82) is 0 Å². The first-order valence-electron chi connectivity index (χ1n) is 16.2. The van der Waals surface area contributed by atoms with E-state index in [-0.39, 0.29) is 11.1 Å². The second-order valence-corrected chi connectivity index (χ2v) is 11.8. The van der Waals surface area contributed by atoms with Gasteiger partial charge in [0.25, 0.3) is 11.8 Å². The van der Waals surface area contributed by atoms with Crippen LogP contribution in [0.15, 0.2) is 61.2 Å². The van der Waals surface area contributed by atoms with Crippen LogP contribution in [-0.2, 0) is 66.7 Å². The van der Waals surface area contributed by atoms with Gasteiger partial charge in [-0.25, -0.2) is 9.59 Å². The highest BCUT2D eigenvalue weighted by Crippen LogP contribution is 2.32. The summed E-state index contributed by atoms with van der Waals surface area (Å²) in [5.74, 6) is -6.62. The van der Waals surface area contributed by atoms with E-state index in [1.807, 2.05) is 0 Å². The predicted molar refractivity (Wildman–Crippen MR) is 171 cm³/mol. The normalized spacial score (nSPS) is 24.6. The molecule has 0 spiro atoms. The van der Waals surface area contributed by atoms with Crippen molar-refractivity contribution in [3.63, 3.8) is 0 Å².